The first-order chi connectivity index (χ1) is 7.95. The molecule has 0 saturated heterocycles. The van der Waals surface area contributed by atoms with Crippen LogP contribution in [0, 0.1) is 11.3 Å². The van der Waals surface area contributed by atoms with Crippen LogP contribution in [0.1, 0.15) is 39.0 Å². The molecule has 0 aliphatic carbocycles. The molecule has 0 amide bonds. The lowest BCUT2D eigenvalue weighted by atomic mass is 9.78. The van der Waals surface area contributed by atoms with Gasteiger partial charge in [0.2, 0.25) is 0 Å². The maximum absolute atomic E-state index is 3.63. The van der Waals surface area contributed by atoms with E-state index in [1.807, 2.05) is 11.3 Å². The van der Waals surface area contributed by atoms with Gasteiger partial charge >= 0.3 is 0 Å². The fraction of sp³-hybridized carbons (Fsp3) is 0.714. The summed E-state index contributed by atoms with van der Waals surface area (Å²) >= 11 is 5.49. The van der Waals surface area contributed by atoms with Crippen molar-refractivity contribution in [2.75, 3.05) is 13.1 Å². The van der Waals surface area contributed by atoms with Crippen LogP contribution in [0.2, 0.25) is 0 Å². The van der Waals surface area contributed by atoms with E-state index in [4.69, 9.17) is 0 Å². The third kappa shape index (κ3) is 5.11. The molecule has 1 atom stereocenters. The summed E-state index contributed by atoms with van der Waals surface area (Å²) in [6.45, 7) is 11.5. The number of thiophene rings is 1. The van der Waals surface area contributed by atoms with E-state index in [9.17, 15) is 0 Å². The van der Waals surface area contributed by atoms with Gasteiger partial charge in [-0.15, -0.1) is 11.3 Å². The van der Waals surface area contributed by atoms with E-state index in [2.05, 4.69) is 60.4 Å². The summed E-state index contributed by atoms with van der Waals surface area (Å²) in [5, 5.41) is 5.73. The Hall–Kier alpha value is 0.140. The summed E-state index contributed by atoms with van der Waals surface area (Å²) < 4.78 is 1.27. The van der Waals surface area contributed by atoms with Gasteiger partial charge in [0.15, 0.2) is 0 Å². The average Bonchev–Trinajstić information content (AvgIpc) is 2.62. The van der Waals surface area contributed by atoms with Crippen LogP contribution in [0.4, 0.5) is 0 Å². The molecule has 0 aromatic carbocycles. The van der Waals surface area contributed by atoms with Gasteiger partial charge in [0, 0.05) is 9.35 Å². The molecule has 0 aliphatic rings. The number of nitrogens with one attached hydrogen (secondary N) is 1. The quantitative estimate of drug-likeness (QED) is 0.749. The highest BCUT2D eigenvalue weighted by molar-refractivity contribution is 9.10. The monoisotopic (exact) mass is 317 g/mol. The molecule has 0 radical (unpaired) electrons. The molecule has 3 heteroatoms. The average molecular weight is 318 g/mol. The van der Waals surface area contributed by atoms with Crippen molar-refractivity contribution in [3.8, 4) is 0 Å². The standard InChI is InChI=1S/C14H24BrNS/c1-5-7-16-10-11(14(2,3)4)9-13-12(15)6-8-17-13/h6,8,11,16H,5,7,9-10H2,1-4H3. The topological polar surface area (TPSA) is 12.0 Å². The summed E-state index contributed by atoms with van der Waals surface area (Å²) in [7, 11) is 0. The fourth-order valence-corrected chi connectivity index (χ4v) is 3.43. The Morgan fingerprint density at radius 2 is 2.12 bits per heavy atom. The van der Waals surface area contributed by atoms with Crippen LogP contribution >= 0.6 is 27.3 Å². The van der Waals surface area contributed by atoms with E-state index in [-0.39, 0.29) is 0 Å². The summed E-state index contributed by atoms with van der Waals surface area (Å²) in [4.78, 5) is 1.48. The Bertz CT molecular complexity index is 327. The lowest BCUT2D eigenvalue weighted by molar-refractivity contribution is 0.232. The van der Waals surface area contributed by atoms with Crippen LogP contribution in [0.25, 0.3) is 0 Å². The summed E-state index contributed by atoms with van der Waals surface area (Å²) in [6.07, 6.45) is 2.37. The minimum Gasteiger partial charge on any atom is -0.316 e. The molecule has 0 spiro atoms. The first kappa shape index (κ1) is 15.2. The highest BCUT2D eigenvalue weighted by Gasteiger charge is 2.25. The first-order valence-corrected chi connectivity index (χ1v) is 8.05. The molecule has 0 saturated carbocycles. The van der Waals surface area contributed by atoms with Crippen molar-refractivity contribution in [1.82, 2.24) is 5.32 Å². The Kier molecular flexibility index (Phi) is 6.18. The van der Waals surface area contributed by atoms with Crippen LogP contribution in [0.15, 0.2) is 15.9 Å². The van der Waals surface area contributed by atoms with Gasteiger partial charge in [-0.05, 0) is 64.6 Å². The summed E-state index contributed by atoms with van der Waals surface area (Å²) in [6, 6.07) is 2.15. The van der Waals surface area contributed by atoms with Crippen LogP contribution in [0.3, 0.4) is 0 Å². The fourth-order valence-electron chi connectivity index (χ4n) is 1.83. The Labute approximate surface area is 118 Å². The SMILES string of the molecule is CCCNCC(Cc1sccc1Br)C(C)(C)C. The van der Waals surface area contributed by atoms with Gasteiger partial charge in [0.25, 0.3) is 0 Å². The van der Waals surface area contributed by atoms with Crippen LogP contribution < -0.4 is 5.32 Å². The van der Waals surface area contributed by atoms with E-state index < -0.39 is 0 Å². The molecule has 1 unspecified atom stereocenters. The van der Waals surface area contributed by atoms with Crippen molar-refractivity contribution >= 4 is 27.3 Å². The van der Waals surface area contributed by atoms with E-state index >= 15 is 0 Å². The molecule has 1 heterocycles. The molecule has 0 aliphatic heterocycles. The van der Waals surface area contributed by atoms with Crippen LogP contribution in [0.5, 0.6) is 0 Å². The molecule has 1 nitrogen and oxygen atoms in total. The van der Waals surface area contributed by atoms with E-state index in [1.54, 1.807) is 0 Å². The second-order valence-electron chi connectivity index (χ2n) is 5.66. The number of hydrogen-bond acceptors (Lipinski definition) is 2. The van der Waals surface area contributed by atoms with Crippen LogP contribution in [-0.2, 0) is 6.42 Å². The molecule has 1 rings (SSSR count). The third-order valence-electron chi connectivity index (χ3n) is 3.17. The van der Waals surface area contributed by atoms with Gasteiger partial charge in [-0.1, -0.05) is 27.7 Å². The van der Waals surface area contributed by atoms with Crippen molar-refractivity contribution in [3.05, 3.63) is 20.8 Å². The maximum Gasteiger partial charge on any atom is 0.0314 e. The Balaban J connectivity index is 2.61. The van der Waals surface area contributed by atoms with Gasteiger partial charge in [-0.3, -0.25) is 0 Å². The largest absolute Gasteiger partial charge is 0.316 e. The number of hydrogen-bond donors (Lipinski definition) is 1. The van der Waals surface area contributed by atoms with Gasteiger partial charge in [0.05, 0.1) is 0 Å². The van der Waals surface area contributed by atoms with Gasteiger partial charge in [0.1, 0.15) is 0 Å². The number of halogens is 1. The highest BCUT2D eigenvalue weighted by atomic mass is 79.9. The summed E-state index contributed by atoms with van der Waals surface area (Å²) in [5.41, 5.74) is 0.351. The van der Waals surface area contributed by atoms with Crippen LogP contribution in [-0.4, -0.2) is 13.1 Å². The Morgan fingerprint density at radius 3 is 2.59 bits per heavy atom. The molecule has 1 aromatic rings. The minimum absolute atomic E-state index is 0.351. The van der Waals surface area contributed by atoms with Crippen molar-refractivity contribution in [2.24, 2.45) is 11.3 Å². The molecule has 0 fully saturated rings. The second kappa shape index (κ2) is 6.91. The molecular formula is C14H24BrNS. The van der Waals surface area contributed by atoms with Crippen molar-refractivity contribution in [3.63, 3.8) is 0 Å². The second-order valence-corrected chi connectivity index (χ2v) is 7.52. The summed E-state index contributed by atoms with van der Waals surface area (Å²) in [5.74, 6) is 0.684. The number of rotatable bonds is 6. The molecule has 17 heavy (non-hydrogen) atoms. The van der Waals surface area contributed by atoms with Crippen molar-refractivity contribution in [1.29, 1.82) is 0 Å². The van der Waals surface area contributed by atoms with Crippen molar-refractivity contribution < 1.29 is 0 Å². The lowest BCUT2D eigenvalue weighted by Gasteiger charge is -2.31. The molecule has 1 aromatic heterocycles. The van der Waals surface area contributed by atoms with Crippen molar-refractivity contribution in [2.45, 2.75) is 40.5 Å². The zero-order valence-corrected chi connectivity index (χ0v) is 13.7. The molecule has 0 bridgehead atoms. The van der Waals surface area contributed by atoms with Gasteiger partial charge in [-0.2, -0.15) is 0 Å². The first-order valence-electron chi connectivity index (χ1n) is 6.37. The zero-order chi connectivity index (χ0) is 12.9. The predicted molar refractivity (Wildman–Crippen MR) is 81.8 cm³/mol. The third-order valence-corrected chi connectivity index (χ3v) is 5.11. The van der Waals surface area contributed by atoms with Gasteiger partial charge < -0.3 is 5.32 Å². The van der Waals surface area contributed by atoms with E-state index in [1.165, 1.54) is 22.2 Å². The maximum atomic E-state index is 3.63. The smallest absolute Gasteiger partial charge is 0.0314 e. The molecule has 1 N–H and O–H groups in total. The molecular weight excluding hydrogens is 294 g/mol. The lowest BCUT2D eigenvalue weighted by Crippen LogP contribution is -2.33. The molecule has 98 valence electrons. The minimum atomic E-state index is 0.351. The predicted octanol–water partition coefficient (Wildman–Crippen LogP) is 4.72. The zero-order valence-electron chi connectivity index (χ0n) is 11.3. The van der Waals surface area contributed by atoms with E-state index in [0.29, 0.717) is 11.3 Å². The highest BCUT2D eigenvalue weighted by Crippen LogP contribution is 2.33. The Morgan fingerprint density at radius 1 is 1.41 bits per heavy atom. The van der Waals surface area contributed by atoms with Gasteiger partial charge in [-0.25, -0.2) is 0 Å². The normalized spacial score (nSPS) is 13.9. The van der Waals surface area contributed by atoms with E-state index in [0.717, 1.165) is 13.1 Å².